The van der Waals surface area contributed by atoms with Gasteiger partial charge in [-0.2, -0.15) is 5.10 Å². The van der Waals surface area contributed by atoms with Crippen molar-refractivity contribution in [2.75, 3.05) is 5.32 Å². The Balaban J connectivity index is 1.68. The van der Waals surface area contributed by atoms with Crippen molar-refractivity contribution in [3.05, 3.63) is 76.7 Å². The van der Waals surface area contributed by atoms with Crippen molar-refractivity contribution in [1.29, 1.82) is 0 Å². The maximum Gasteiger partial charge on any atom is 0.276 e. The van der Waals surface area contributed by atoms with Crippen LogP contribution in [0.4, 0.5) is 5.69 Å². The van der Waals surface area contributed by atoms with Crippen LogP contribution in [-0.2, 0) is 13.1 Å². The van der Waals surface area contributed by atoms with E-state index in [4.69, 9.17) is 0 Å². The van der Waals surface area contributed by atoms with Crippen molar-refractivity contribution in [3.8, 4) is 0 Å². The first kappa shape index (κ1) is 16.6. The van der Waals surface area contributed by atoms with E-state index in [9.17, 15) is 9.59 Å². The first-order valence-corrected chi connectivity index (χ1v) is 8.10. The second-order valence-corrected chi connectivity index (χ2v) is 5.67. The van der Waals surface area contributed by atoms with Crippen LogP contribution < -0.4 is 10.9 Å². The third kappa shape index (κ3) is 4.20. The molecule has 0 aliphatic rings. The summed E-state index contributed by atoms with van der Waals surface area (Å²) in [7, 11) is 0. The molecule has 128 valence electrons. The predicted octanol–water partition coefficient (Wildman–Crippen LogP) is 2.15. The van der Waals surface area contributed by atoms with Gasteiger partial charge in [-0.3, -0.25) is 9.59 Å². The van der Waals surface area contributed by atoms with Crippen LogP contribution in [0.1, 0.15) is 29.4 Å². The molecule has 0 fully saturated rings. The fourth-order valence-corrected chi connectivity index (χ4v) is 2.42. The van der Waals surface area contributed by atoms with Crippen LogP contribution in [0.3, 0.4) is 0 Å². The molecular weight excluding hydrogens is 318 g/mol. The molecule has 0 saturated heterocycles. The summed E-state index contributed by atoms with van der Waals surface area (Å²) in [5, 5.41) is 6.90. The largest absolute Gasteiger partial charge is 0.333 e. The standard InChI is InChI=1S/C18H19N5O2/c1-2-10-23-17(24)8-7-16(21-23)18(25)20-15-5-3-14(4-6-15)12-22-11-9-19-13-22/h3-9,11,13H,2,10,12H2,1H3,(H,20,25). The van der Waals surface area contributed by atoms with E-state index in [1.807, 2.05) is 42.0 Å². The van der Waals surface area contributed by atoms with Gasteiger partial charge >= 0.3 is 0 Å². The lowest BCUT2D eigenvalue weighted by Crippen LogP contribution is -2.26. The van der Waals surface area contributed by atoms with Crippen molar-refractivity contribution < 1.29 is 4.79 Å². The average molecular weight is 337 g/mol. The Morgan fingerprint density at radius 3 is 2.64 bits per heavy atom. The summed E-state index contributed by atoms with van der Waals surface area (Å²) < 4.78 is 3.28. The number of hydrogen-bond donors (Lipinski definition) is 1. The Bertz CT molecular complexity index is 898. The molecule has 0 saturated carbocycles. The van der Waals surface area contributed by atoms with Crippen LogP contribution in [0.2, 0.25) is 0 Å². The Morgan fingerprint density at radius 2 is 1.96 bits per heavy atom. The van der Waals surface area contributed by atoms with E-state index in [1.54, 1.807) is 12.5 Å². The second kappa shape index (κ2) is 7.57. The lowest BCUT2D eigenvalue weighted by atomic mass is 10.2. The fraction of sp³-hybridized carbons (Fsp3) is 0.222. The van der Waals surface area contributed by atoms with Crippen molar-refractivity contribution >= 4 is 11.6 Å². The van der Waals surface area contributed by atoms with Crippen molar-refractivity contribution in [1.82, 2.24) is 19.3 Å². The molecule has 2 aromatic heterocycles. The quantitative estimate of drug-likeness (QED) is 0.747. The zero-order valence-corrected chi connectivity index (χ0v) is 13.9. The molecule has 0 radical (unpaired) electrons. The summed E-state index contributed by atoms with van der Waals surface area (Å²) in [6.45, 7) is 3.16. The van der Waals surface area contributed by atoms with Gasteiger partial charge in [0.1, 0.15) is 5.69 Å². The number of carbonyl (C=O) groups is 1. The fourth-order valence-electron chi connectivity index (χ4n) is 2.42. The van der Waals surface area contributed by atoms with E-state index < -0.39 is 0 Å². The predicted molar refractivity (Wildman–Crippen MR) is 94.5 cm³/mol. The third-order valence-electron chi connectivity index (χ3n) is 3.67. The zero-order chi connectivity index (χ0) is 17.6. The van der Waals surface area contributed by atoms with Crippen LogP contribution >= 0.6 is 0 Å². The molecule has 0 bridgehead atoms. The Hall–Kier alpha value is -3.22. The summed E-state index contributed by atoms with van der Waals surface area (Å²) in [6, 6.07) is 10.4. The average Bonchev–Trinajstić information content (AvgIpc) is 3.12. The number of nitrogens with zero attached hydrogens (tertiary/aromatic N) is 4. The Kier molecular flexibility index (Phi) is 5.03. The summed E-state index contributed by atoms with van der Waals surface area (Å²) in [5.74, 6) is -0.341. The lowest BCUT2D eigenvalue weighted by molar-refractivity contribution is 0.102. The number of imidazole rings is 1. The number of carbonyl (C=O) groups excluding carboxylic acids is 1. The van der Waals surface area contributed by atoms with Crippen LogP contribution in [-0.4, -0.2) is 25.2 Å². The van der Waals surface area contributed by atoms with E-state index in [2.05, 4.69) is 15.4 Å². The monoisotopic (exact) mass is 337 g/mol. The van der Waals surface area contributed by atoms with E-state index in [-0.39, 0.29) is 17.2 Å². The molecule has 7 heteroatoms. The molecule has 0 spiro atoms. The van der Waals surface area contributed by atoms with Gasteiger partial charge in [0.15, 0.2) is 0 Å². The third-order valence-corrected chi connectivity index (χ3v) is 3.67. The van der Waals surface area contributed by atoms with Gasteiger partial charge < -0.3 is 9.88 Å². The Labute approximate surface area is 144 Å². The first-order chi connectivity index (χ1) is 12.2. The number of hydrogen-bond acceptors (Lipinski definition) is 4. The smallest absolute Gasteiger partial charge is 0.276 e. The normalized spacial score (nSPS) is 10.6. The molecular formula is C18H19N5O2. The highest BCUT2D eigenvalue weighted by Crippen LogP contribution is 2.11. The van der Waals surface area contributed by atoms with Crippen LogP contribution in [0.25, 0.3) is 0 Å². The first-order valence-electron chi connectivity index (χ1n) is 8.10. The van der Waals surface area contributed by atoms with Crippen molar-refractivity contribution in [2.24, 2.45) is 0 Å². The molecule has 0 unspecified atom stereocenters. The number of benzene rings is 1. The molecule has 1 amide bonds. The topological polar surface area (TPSA) is 81.8 Å². The summed E-state index contributed by atoms with van der Waals surface area (Å²) in [4.78, 5) is 28.0. The summed E-state index contributed by atoms with van der Waals surface area (Å²) in [5.41, 5.74) is 1.79. The van der Waals surface area contributed by atoms with Crippen molar-refractivity contribution in [2.45, 2.75) is 26.4 Å². The van der Waals surface area contributed by atoms with Gasteiger partial charge in [-0.1, -0.05) is 19.1 Å². The number of nitrogens with one attached hydrogen (secondary N) is 1. The molecule has 1 aromatic carbocycles. The van der Waals surface area contributed by atoms with Gasteiger partial charge in [-0.15, -0.1) is 0 Å². The van der Waals surface area contributed by atoms with Gasteiger partial charge in [0.2, 0.25) is 0 Å². The van der Waals surface area contributed by atoms with E-state index in [1.165, 1.54) is 16.8 Å². The highest BCUT2D eigenvalue weighted by Gasteiger charge is 2.10. The maximum atomic E-state index is 12.3. The van der Waals surface area contributed by atoms with Gasteiger partial charge in [-0.25, -0.2) is 9.67 Å². The summed E-state index contributed by atoms with van der Waals surface area (Å²) >= 11 is 0. The van der Waals surface area contributed by atoms with Gasteiger partial charge in [-0.05, 0) is 30.2 Å². The van der Waals surface area contributed by atoms with Crippen LogP contribution in [0.15, 0.2) is 59.9 Å². The summed E-state index contributed by atoms with van der Waals surface area (Å²) in [6.07, 6.45) is 6.16. The second-order valence-electron chi connectivity index (χ2n) is 5.67. The number of aromatic nitrogens is 4. The molecule has 3 aromatic rings. The number of anilines is 1. The highest BCUT2D eigenvalue weighted by atomic mass is 16.2. The van der Waals surface area contributed by atoms with Crippen LogP contribution in [0, 0.1) is 0 Å². The number of rotatable bonds is 6. The SMILES string of the molecule is CCCn1nc(C(=O)Nc2ccc(Cn3ccnc3)cc2)ccc1=O. The molecule has 0 atom stereocenters. The molecule has 1 N–H and O–H groups in total. The van der Waals surface area contributed by atoms with Gasteiger partial charge in [0.05, 0.1) is 6.33 Å². The minimum absolute atomic E-state index is 0.206. The molecule has 0 aliphatic heterocycles. The lowest BCUT2D eigenvalue weighted by Gasteiger charge is -2.08. The number of amides is 1. The van der Waals surface area contributed by atoms with E-state index in [0.29, 0.717) is 12.2 Å². The van der Waals surface area contributed by atoms with Gasteiger partial charge in [0, 0.05) is 37.2 Å². The Morgan fingerprint density at radius 1 is 1.16 bits per heavy atom. The maximum absolute atomic E-state index is 12.3. The van der Waals surface area contributed by atoms with E-state index in [0.717, 1.165) is 18.5 Å². The van der Waals surface area contributed by atoms with Crippen LogP contribution in [0.5, 0.6) is 0 Å². The van der Waals surface area contributed by atoms with Gasteiger partial charge in [0.25, 0.3) is 11.5 Å². The zero-order valence-electron chi connectivity index (χ0n) is 13.9. The molecule has 0 aliphatic carbocycles. The molecule has 2 heterocycles. The highest BCUT2D eigenvalue weighted by molar-refractivity contribution is 6.02. The van der Waals surface area contributed by atoms with Crippen molar-refractivity contribution in [3.63, 3.8) is 0 Å². The molecule has 3 rings (SSSR count). The number of aryl methyl sites for hydroxylation is 1. The molecule has 25 heavy (non-hydrogen) atoms. The minimum Gasteiger partial charge on any atom is -0.333 e. The van der Waals surface area contributed by atoms with E-state index >= 15 is 0 Å². The molecule has 7 nitrogen and oxygen atoms in total. The minimum atomic E-state index is -0.341.